The summed E-state index contributed by atoms with van der Waals surface area (Å²) in [6.07, 6.45) is 0.0795. The Morgan fingerprint density at radius 1 is 1.42 bits per heavy atom. The summed E-state index contributed by atoms with van der Waals surface area (Å²) in [4.78, 5) is 11.4. The van der Waals surface area contributed by atoms with Crippen LogP contribution in [0.2, 0.25) is 0 Å². The number of esters is 1. The molecule has 7 heteroatoms. The van der Waals surface area contributed by atoms with Gasteiger partial charge in [-0.3, -0.25) is 0 Å². The molecule has 0 atom stereocenters. The van der Waals surface area contributed by atoms with Crippen LogP contribution in [0.25, 0.3) is 0 Å². The molecule has 0 fully saturated rings. The van der Waals surface area contributed by atoms with Gasteiger partial charge in [0, 0.05) is 20.0 Å². The van der Waals surface area contributed by atoms with Crippen LogP contribution in [-0.4, -0.2) is 39.4 Å². The summed E-state index contributed by atoms with van der Waals surface area (Å²) in [5, 5.41) is 8.49. The third kappa shape index (κ3) is 3.30. The van der Waals surface area contributed by atoms with E-state index in [1.807, 2.05) is 6.07 Å². The zero-order chi connectivity index (χ0) is 14.5. The Bertz CT molecular complexity index is 604. The molecule has 0 aliphatic carbocycles. The molecular formula is C12H14N2O4S. The predicted octanol–water partition coefficient (Wildman–Crippen LogP) is 1.01. The van der Waals surface area contributed by atoms with Crippen molar-refractivity contribution in [3.63, 3.8) is 0 Å². The number of carbonyl (C=O) groups is 1. The minimum absolute atomic E-state index is 0.0196. The number of sulfonamides is 1. The highest BCUT2D eigenvalue weighted by Crippen LogP contribution is 2.20. The van der Waals surface area contributed by atoms with E-state index in [2.05, 4.69) is 4.74 Å². The van der Waals surface area contributed by atoms with Gasteiger partial charge >= 0.3 is 5.97 Å². The molecule has 1 aromatic rings. The normalized spacial score (nSPS) is 11.1. The molecule has 6 nitrogen and oxygen atoms in total. The molecule has 0 saturated carbocycles. The van der Waals surface area contributed by atoms with Gasteiger partial charge in [0.15, 0.2) is 0 Å². The largest absolute Gasteiger partial charge is 0.465 e. The fraction of sp³-hybridized carbons (Fsp3) is 0.333. The van der Waals surface area contributed by atoms with Crippen molar-refractivity contribution in [3.8, 4) is 6.07 Å². The first-order chi connectivity index (χ1) is 8.95. The van der Waals surface area contributed by atoms with Gasteiger partial charge in [-0.25, -0.2) is 13.2 Å². The smallest absolute Gasteiger partial charge is 0.339 e. The zero-order valence-corrected chi connectivity index (χ0v) is 11.5. The molecule has 0 radical (unpaired) electrons. The Balaban J connectivity index is 3.22. The summed E-state index contributed by atoms with van der Waals surface area (Å²) in [6.45, 7) is 0.0638. The molecule has 0 N–H and O–H groups in total. The minimum atomic E-state index is -3.82. The van der Waals surface area contributed by atoms with Gasteiger partial charge in [0.2, 0.25) is 10.0 Å². The molecule has 1 rings (SSSR count). The highest BCUT2D eigenvalue weighted by Gasteiger charge is 2.26. The second-order valence-corrected chi connectivity index (χ2v) is 5.74. The summed E-state index contributed by atoms with van der Waals surface area (Å²) in [5.74, 6) is -0.715. The monoisotopic (exact) mass is 282 g/mol. The summed E-state index contributed by atoms with van der Waals surface area (Å²) in [5.41, 5.74) is -0.0196. The molecule has 19 heavy (non-hydrogen) atoms. The number of methoxy groups -OCH3 is 1. The Morgan fingerprint density at radius 2 is 2.05 bits per heavy atom. The summed E-state index contributed by atoms with van der Waals surface area (Å²) < 4.78 is 30.2. The first kappa shape index (κ1) is 15.1. The van der Waals surface area contributed by atoms with Gasteiger partial charge in [0.05, 0.1) is 23.6 Å². The molecule has 1 aromatic carbocycles. The number of rotatable bonds is 5. The van der Waals surface area contributed by atoms with Gasteiger partial charge < -0.3 is 4.74 Å². The topological polar surface area (TPSA) is 87.5 Å². The van der Waals surface area contributed by atoms with Crippen molar-refractivity contribution in [1.29, 1.82) is 5.26 Å². The molecular weight excluding hydrogens is 268 g/mol. The Kier molecular flexibility index (Phi) is 5.03. The number of hydrogen-bond donors (Lipinski definition) is 0. The molecule has 0 aliphatic rings. The van der Waals surface area contributed by atoms with Gasteiger partial charge in [-0.15, -0.1) is 0 Å². The van der Waals surface area contributed by atoms with Crippen molar-refractivity contribution in [1.82, 2.24) is 4.31 Å². The number of nitriles is 1. The Morgan fingerprint density at radius 3 is 2.63 bits per heavy atom. The zero-order valence-electron chi connectivity index (χ0n) is 10.7. The fourth-order valence-corrected chi connectivity index (χ4v) is 2.81. The van der Waals surface area contributed by atoms with E-state index in [9.17, 15) is 13.2 Å². The third-order valence-corrected chi connectivity index (χ3v) is 4.43. The molecule has 0 aliphatic heterocycles. The second kappa shape index (κ2) is 6.31. The molecule has 0 bridgehead atoms. The molecule has 0 aromatic heterocycles. The van der Waals surface area contributed by atoms with Gasteiger partial charge in [0.25, 0.3) is 0 Å². The number of benzene rings is 1. The summed E-state index contributed by atoms with van der Waals surface area (Å²) in [6, 6.07) is 7.68. The van der Waals surface area contributed by atoms with Crippen molar-refractivity contribution in [3.05, 3.63) is 29.8 Å². The van der Waals surface area contributed by atoms with E-state index in [0.717, 1.165) is 4.31 Å². The second-order valence-electron chi connectivity index (χ2n) is 3.72. The van der Waals surface area contributed by atoms with Crippen molar-refractivity contribution in [2.24, 2.45) is 0 Å². The lowest BCUT2D eigenvalue weighted by atomic mass is 10.2. The molecule has 0 spiro atoms. The van der Waals surface area contributed by atoms with Crippen molar-refractivity contribution in [2.45, 2.75) is 11.3 Å². The van der Waals surface area contributed by atoms with Crippen LogP contribution in [0.15, 0.2) is 29.2 Å². The van der Waals surface area contributed by atoms with Crippen LogP contribution >= 0.6 is 0 Å². The van der Waals surface area contributed by atoms with Crippen LogP contribution in [0, 0.1) is 11.3 Å². The van der Waals surface area contributed by atoms with Crippen molar-refractivity contribution < 1.29 is 17.9 Å². The van der Waals surface area contributed by atoms with E-state index < -0.39 is 16.0 Å². The van der Waals surface area contributed by atoms with Gasteiger partial charge in [-0.1, -0.05) is 12.1 Å². The van der Waals surface area contributed by atoms with Gasteiger partial charge in [-0.2, -0.15) is 9.57 Å². The van der Waals surface area contributed by atoms with E-state index >= 15 is 0 Å². The van der Waals surface area contributed by atoms with E-state index in [4.69, 9.17) is 5.26 Å². The number of hydrogen-bond acceptors (Lipinski definition) is 5. The van der Waals surface area contributed by atoms with E-state index in [-0.39, 0.29) is 23.4 Å². The highest BCUT2D eigenvalue weighted by atomic mass is 32.2. The summed E-state index contributed by atoms with van der Waals surface area (Å²) in [7, 11) is -1.27. The van der Waals surface area contributed by atoms with Crippen LogP contribution in [-0.2, 0) is 14.8 Å². The first-order valence-corrected chi connectivity index (χ1v) is 6.89. The molecule has 102 valence electrons. The van der Waals surface area contributed by atoms with Crippen LogP contribution in [0.3, 0.4) is 0 Å². The maximum absolute atomic E-state index is 12.3. The number of carbonyl (C=O) groups excluding carboxylic acids is 1. The third-order valence-electron chi connectivity index (χ3n) is 2.52. The Hall–Kier alpha value is -1.91. The first-order valence-electron chi connectivity index (χ1n) is 5.45. The molecule has 0 amide bonds. The van der Waals surface area contributed by atoms with Crippen molar-refractivity contribution >= 4 is 16.0 Å². The van der Waals surface area contributed by atoms with E-state index in [1.54, 1.807) is 6.07 Å². The average molecular weight is 282 g/mol. The Labute approximate surface area is 112 Å². The van der Waals surface area contributed by atoms with E-state index in [0.29, 0.717) is 0 Å². The quantitative estimate of drug-likeness (QED) is 0.752. The standard InChI is InChI=1S/C12H14N2O4S/c1-14(9-5-8-13)19(16,17)11-7-4-3-6-10(11)12(15)18-2/h3-4,6-7H,5,9H2,1-2H3. The maximum atomic E-state index is 12.3. The highest BCUT2D eigenvalue weighted by molar-refractivity contribution is 7.89. The van der Waals surface area contributed by atoms with Crippen LogP contribution in [0.4, 0.5) is 0 Å². The van der Waals surface area contributed by atoms with Crippen LogP contribution in [0.1, 0.15) is 16.8 Å². The minimum Gasteiger partial charge on any atom is -0.465 e. The maximum Gasteiger partial charge on any atom is 0.339 e. The molecule has 0 heterocycles. The predicted molar refractivity (Wildman–Crippen MR) is 67.8 cm³/mol. The lowest BCUT2D eigenvalue weighted by molar-refractivity contribution is 0.0596. The lowest BCUT2D eigenvalue weighted by Crippen LogP contribution is -2.29. The SMILES string of the molecule is COC(=O)c1ccccc1S(=O)(=O)N(C)CCC#N. The fourth-order valence-electron chi connectivity index (χ4n) is 1.47. The lowest BCUT2D eigenvalue weighted by Gasteiger charge is -2.17. The number of nitrogens with zero attached hydrogens (tertiary/aromatic N) is 2. The van der Waals surface area contributed by atoms with Crippen molar-refractivity contribution in [2.75, 3.05) is 20.7 Å². The van der Waals surface area contributed by atoms with E-state index in [1.165, 1.54) is 32.4 Å². The van der Waals surface area contributed by atoms with Gasteiger partial charge in [-0.05, 0) is 12.1 Å². The van der Waals surface area contributed by atoms with Gasteiger partial charge in [0.1, 0.15) is 0 Å². The number of ether oxygens (including phenoxy) is 1. The van der Waals surface area contributed by atoms with Crippen LogP contribution in [0.5, 0.6) is 0 Å². The average Bonchev–Trinajstić information content (AvgIpc) is 2.43. The van der Waals surface area contributed by atoms with Crippen LogP contribution < -0.4 is 0 Å². The summed E-state index contributed by atoms with van der Waals surface area (Å²) >= 11 is 0. The molecule has 0 unspecified atom stereocenters. The molecule has 0 saturated heterocycles.